The number of benzene rings is 1. The fraction of sp³-hybridized carbons (Fsp3) is 0.533. The predicted octanol–water partition coefficient (Wildman–Crippen LogP) is 1.88. The highest BCUT2D eigenvalue weighted by molar-refractivity contribution is 5.77. The number of hydrogen-bond donors (Lipinski definition) is 1. The molecule has 0 heterocycles. The zero-order valence-electron chi connectivity index (χ0n) is 11.7. The summed E-state index contributed by atoms with van der Waals surface area (Å²) in [5, 5.41) is 0. The van der Waals surface area contributed by atoms with E-state index < -0.39 is 0 Å². The van der Waals surface area contributed by atoms with Crippen LogP contribution in [0.1, 0.15) is 36.9 Å². The van der Waals surface area contributed by atoms with Gasteiger partial charge >= 0.3 is 0 Å². The van der Waals surface area contributed by atoms with Gasteiger partial charge in [0.25, 0.3) is 5.91 Å². The quantitative estimate of drug-likeness (QED) is 0.901. The van der Waals surface area contributed by atoms with Crippen molar-refractivity contribution in [3.05, 3.63) is 29.3 Å². The minimum Gasteiger partial charge on any atom is -0.483 e. The first-order valence-electron chi connectivity index (χ1n) is 6.87. The van der Waals surface area contributed by atoms with Gasteiger partial charge in [-0.3, -0.25) is 4.79 Å². The lowest BCUT2D eigenvalue weighted by molar-refractivity contribution is -0.131. The molecule has 19 heavy (non-hydrogen) atoms. The van der Waals surface area contributed by atoms with E-state index in [0.29, 0.717) is 6.54 Å². The van der Waals surface area contributed by atoms with Crippen molar-refractivity contribution in [2.75, 3.05) is 20.2 Å². The fourth-order valence-corrected chi connectivity index (χ4v) is 2.41. The van der Waals surface area contributed by atoms with Gasteiger partial charge in [0.1, 0.15) is 5.75 Å². The molecule has 0 aromatic heterocycles. The molecule has 0 saturated heterocycles. The van der Waals surface area contributed by atoms with Crippen LogP contribution in [-0.4, -0.2) is 31.0 Å². The minimum absolute atomic E-state index is 0.000195. The molecule has 0 bridgehead atoms. The molecule has 104 valence electrons. The maximum atomic E-state index is 11.8. The summed E-state index contributed by atoms with van der Waals surface area (Å²) in [6, 6.07) is 6.04. The molecule has 4 heteroatoms. The summed E-state index contributed by atoms with van der Waals surface area (Å²) in [7, 11) is 1.78. The number of carbonyl (C=O) groups is 1. The Morgan fingerprint density at radius 3 is 3.05 bits per heavy atom. The Hall–Kier alpha value is -1.55. The second-order valence-electron chi connectivity index (χ2n) is 5.02. The van der Waals surface area contributed by atoms with Gasteiger partial charge in [-0.05, 0) is 43.4 Å². The summed E-state index contributed by atoms with van der Waals surface area (Å²) in [5.74, 6) is 0.811. The van der Waals surface area contributed by atoms with Gasteiger partial charge in [-0.25, -0.2) is 0 Å². The van der Waals surface area contributed by atoms with E-state index in [9.17, 15) is 4.79 Å². The number of nitrogens with two attached hydrogens (primary N) is 1. The van der Waals surface area contributed by atoms with Crippen molar-refractivity contribution >= 4 is 5.91 Å². The molecule has 0 saturated carbocycles. The summed E-state index contributed by atoms with van der Waals surface area (Å²) in [6.07, 6.45) is 3.09. The lowest BCUT2D eigenvalue weighted by atomic mass is 9.88. The normalized spacial score (nSPS) is 17.7. The molecule has 0 spiro atoms. The molecule has 0 aliphatic heterocycles. The van der Waals surface area contributed by atoms with Crippen molar-refractivity contribution in [2.45, 2.75) is 32.2 Å². The van der Waals surface area contributed by atoms with Crippen LogP contribution in [0.2, 0.25) is 0 Å². The zero-order valence-corrected chi connectivity index (χ0v) is 11.7. The SMILES string of the molecule is CCN(C)C(=O)COc1cccc2c1CCCC2N. The largest absolute Gasteiger partial charge is 0.483 e. The molecule has 4 nitrogen and oxygen atoms in total. The third-order valence-electron chi connectivity index (χ3n) is 3.76. The van der Waals surface area contributed by atoms with Gasteiger partial charge < -0.3 is 15.4 Å². The van der Waals surface area contributed by atoms with Crippen molar-refractivity contribution in [2.24, 2.45) is 5.73 Å². The maximum absolute atomic E-state index is 11.8. The van der Waals surface area contributed by atoms with Crippen molar-refractivity contribution in [1.29, 1.82) is 0 Å². The minimum atomic E-state index is 0.000195. The Kier molecular flexibility index (Phi) is 4.43. The van der Waals surface area contributed by atoms with Crippen LogP contribution in [0.25, 0.3) is 0 Å². The lowest BCUT2D eigenvalue weighted by Gasteiger charge is -2.24. The van der Waals surface area contributed by atoms with Crippen LogP contribution >= 0.6 is 0 Å². The second-order valence-corrected chi connectivity index (χ2v) is 5.02. The highest BCUT2D eigenvalue weighted by Gasteiger charge is 2.20. The molecule has 1 aliphatic carbocycles. The van der Waals surface area contributed by atoms with E-state index in [0.717, 1.165) is 25.0 Å². The highest BCUT2D eigenvalue weighted by atomic mass is 16.5. The summed E-state index contributed by atoms with van der Waals surface area (Å²) in [6.45, 7) is 2.73. The van der Waals surface area contributed by atoms with E-state index in [1.807, 2.05) is 19.1 Å². The molecule has 1 aromatic rings. The number of carbonyl (C=O) groups excluding carboxylic acids is 1. The maximum Gasteiger partial charge on any atom is 0.260 e. The third kappa shape index (κ3) is 3.07. The number of rotatable bonds is 4. The number of ether oxygens (including phenoxy) is 1. The van der Waals surface area contributed by atoms with Crippen molar-refractivity contribution in [1.82, 2.24) is 4.90 Å². The number of fused-ring (bicyclic) bond motifs is 1. The Bertz CT molecular complexity index is 459. The highest BCUT2D eigenvalue weighted by Crippen LogP contribution is 2.33. The van der Waals surface area contributed by atoms with Crippen LogP contribution in [-0.2, 0) is 11.2 Å². The summed E-state index contributed by atoms with van der Waals surface area (Å²) < 4.78 is 5.69. The molecule has 2 N–H and O–H groups in total. The topological polar surface area (TPSA) is 55.6 Å². The zero-order chi connectivity index (χ0) is 13.8. The van der Waals surface area contributed by atoms with Gasteiger partial charge in [-0.15, -0.1) is 0 Å². The van der Waals surface area contributed by atoms with Gasteiger partial charge in [0, 0.05) is 19.6 Å². The van der Waals surface area contributed by atoms with Crippen LogP contribution in [0.4, 0.5) is 0 Å². The molecule has 1 unspecified atom stereocenters. The smallest absolute Gasteiger partial charge is 0.260 e. The van der Waals surface area contributed by atoms with Gasteiger partial charge in [-0.1, -0.05) is 12.1 Å². The summed E-state index contributed by atoms with van der Waals surface area (Å²) in [4.78, 5) is 13.4. The number of amides is 1. The van der Waals surface area contributed by atoms with E-state index >= 15 is 0 Å². The molecule has 1 aromatic carbocycles. The van der Waals surface area contributed by atoms with E-state index in [4.69, 9.17) is 10.5 Å². The van der Waals surface area contributed by atoms with Gasteiger partial charge in [0.15, 0.2) is 6.61 Å². The van der Waals surface area contributed by atoms with Gasteiger partial charge in [0.05, 0.1) is 0 Å². The van der Waals surface area contributed by atoms with Crippen molar-refractivity contribution in [3.8, 4) is 5.75 Å². The van der Waals surface area contributed by atoms with Crippen LogP contribution in [0.3, 0.4) is 0 Å². The Morgan fingerprint density at radius 2 is 2.32 bits per heavy atom. The predicted molar refractivity (Wildman–Crippen MR) is 75.1 cm³/mol. The Labute approximate surface area is 114 Å². The molecule has 2 rings (SSSR count). The van der Waals surface area contributed by atoms with Crippen molar-refractivity contribution < 1.29 is 9.53 Å². The molecule has 1 aliphatic rings. The van der Waals surface area contributed by atoms with Crippen LogP contribution in [0.15, 0.2) is 18.2 Å². The second kappa shape index (κ2) is 6.06. The van der Waals surface area contributed by atoms with Crippen molar-refractivity contribution in [3.63, 3.8) is 0 Å². The molecule has 1 amide bonds. The lowest BCUT2D eigenvalue weighted by Crippen LogP contribution is -2.31. The molecular weight excluding hydrogens is 240 g/mol. The first kappa shape index (κ1) is 13.9. The molecule has 1 atom stereocenters. The van der Waals surface area contributed by atoms with E-state index in [1.165, 1.54) is 11.1 Å². The summed E-state index contributed by atoms with van der Waals surface area (Å²) in [5.41, 5.74) is 8.45. The van der Waals surface area contributed by atoms with Crippen LogP contribution in [0, 0.1) is 0 Å². The number of nitrogens with zero attached hydrogens (tertiary/aromatic N) is 1. The Morgan fingerprint density at radius 1 is 1.53 bits per heavy atom. The molecular formula is C15H22N2O2. The standard InChI is InChI=1S/C15H22N2O2/c1-3-17(2)15(18)10-19-14-9-5-6-11-12(14)7-4-8-13(11)16/h5-6,9,13H,3-4,7-8,10,16H2,1-2H3. The van der Waals surface area contributed by atoms with Crippen LogP contribution < -0.4 is 10.5 Å². The average Bonchev–Trinajstić information content (AvgIpc) is 2.44. The first-order valence-corrected chi connectivity index (χ1v) is 6.87. The van der Waals surface area contributed by atoms with E-state index in [1.54, 1.807) is 11.9 Å². The van der Waals surface area contributed by atoms with Gasteiger partial charge in [-0.2, -0.15) is 0 Å². The Balaban J connectivity index is 2.09. The van der Waals surface area contributed by atoms with Crippen LogP contribution in [0.5, 0.6) is 5.75 Å². The average molecular weight is 262 g/mol. The summed E-state index contributed by atoms with van der Waals surface area (Å²) >= 11 is 0. The van der Waals surface area contributed by atoms with Gasteiger partial charge in [0.2, 0.25) is 0 Å². The number of likely N-dealkylation sites (N-methyl/N-ethyl adjacent to an activating group) is 1. The number of hydrogen-bond acceptors (Lipinski definition) is 3. The molecule has 0 radical (unpaired) electrons. The fourth-order valence-electron chi connectivity index (χ4n) is 2.41. The third-order valence-corrected chi connectivity index (χ3v) is 3.76. The van der Waals surface area contributed by atoms with E-state index in [-0.39, 0.29) is 18.6 Å². The van der Waals surface area contributed by atoms with E-state index in [2.05, 4.69) is 6.07 Å². The monoisotopic (exact) mass is 262 g/mol. The first-order chi connectivity index (χ1) is 9.13. The molecule has 0 fully saturated rings.